The minimum atomic E-state index is -0.161. The van der Waals surface area contributed by atoms with Gasteiger partial charge in [-0.25, -0.2) is 4.39 Å². The fourth-order valence-electron chi connectivity index (χ4n) is 2.54. The van der Waals surface area contributed by atoms with Crippen LogP contribution in [0, 0.1) is 5.82 Å². The molecule has 94 valence electrons. The molecule has 1 saturated carbocycles. The first-order chi connectivity index (χ1) is 8.78. The van der Waals surface area contributed by atoms with Crippen LogP contribution in [0.15, 0.2) is 41.8 Å². The van der Waals surface area contributed by atoms with Crippen molar-refractivity contribution < 1.29 is 4.39 Å². The van der Waals surface area contributed by atoms with Gasteiger partial charge in [-0.05, 0) is 48.4 Å². The van der Waals surface area contributed by atoms with Gasteiger partial charge in [0.05, 0.1) is 0 Å². The summed E-state index contributed by atoms with van der Waals surface area (Å²) >= 11 is 1.77. The van der Waals surface area contributed by atoms with Crippen LogP contribution in [0.1, 0.15) is 29.7 Å². The molecule has 1 aliphatic rings. The van der Waals surface area contributed by atoms with Gasteiger partial charge in [0.25, 0.3) is 0 Å². The lowest BCUT2D eigenvalue weighted by Gasteiger charge is -2.43. The van der Waals surface area contributed by atoms with Crippen LogP contribution in [0.5, 0.6) is 0 Å². The van der Waals surface area contributed by atoms with Crippen LogP contribution in [0.4, 0.5) is 4.39 Å². The number of hydrogen-bond acceptors (Lipinski definition) is 2. The third-order valence-corrected chi connectivity index (χ3v) is 4.66. The molecule has 0 atom stereocenters. The number of rotatable bonds is 4. The molecule has 0 radical (unpaired) electrons. The van der Waals surface area contributed by atoms with Gasteiger partial charge < -0.3 is 5.32 Å². The van der Waals surface area contributed by atoms with Crippen molar-refractivity contribution in [3.05, 3.63) is 58.0 Å². The van der Waals surface area contributed by atoms with Crippen molar-refractivity contribution in [1.82, 2.24) is 5.32 Å². The van der Waals surface area contributed by atoms with E-state index in [1.54, 1.807) is 23.5 Å². The molecule has 18 heavy (non-hydrogen) atoms. The van der Waals surface area contributed by atoms with Gasteiger partial charge in [0.15, 0.2) is 0 Å². The first-order valence-corrected chi connectivity index (χ1v) is 7.20. The maximum atomic E-state index is 13.0. The second-order valence-corrected chi connectivity index (χ2v) is 5.91. The van der Waals surface area contributed by atoms with Crippen LogP contribution >= 0.6 is 11.3 Å². The Kier molecular flexibility index (Phi) is 3.18. The van der Waals surface area contributed by atoms with E-state index in [1.165, 1.54) is 16.9 Å². The maximum Gasteiger partial charge on any atom is 0.123 e. The van der Waals surface area contributed by atoms with Gasteiger partial charge in [-0.1, -0.05) is 18.2 Å². The third-order valence-electron chi connectivity index (χ3n) is 3.79. The van der Waals surface area contributed by atoms with Crippen molar-refractivity contribution in [1.29, 1.82) is 0 Å². The van der Waals surface area contributed by atoms with Crippen molar-refractivity contribution in [2.45, 2.75) is 31.3 Å². The summed E-state index contributed by atoms with van der Waals surface area (Å²) in [5, 5.41) is 5.76. The highest BCUT2D eigenvalue weighted by molar-refractivity contribution is 7.09. The van der Waals surface area contributed by atoms with Gasteiger partial charge in [0.1, 0.15) is 5.82 Å². The summed E-state index contributed by atoms with van der Waals surface area (Å²) in [4.78, 5) is 1.35. The number of benzene rings is 1. The van der Waals surface area contributed by atoms with Crippen molar-refractivity contribution in [3.63, 3.8) is 0 Å². The van der Waals surface area contributed by atoms with E-state index in [1.807, 2.05) is 12.1 Å². The number of halogens is 1. The van der Waals surface area contributed by atoms with E-state index in [9.17, 15) is 4.39 Å². The second-order valence-electron chi connectivity index (χ2n) is 4.88. The fourth-order valence-corrected chi connectivity index (χ4v) is 3.18. The van der Waals surface area contributed by atoms with Crippen LogP contribution in [-0.2, 0) is 12.1 Å². The Balaban J connectivity index is 1.75. The molecule has 1 aromatic heterocycles. The minimum Gasteiger partial charge on any atom is -0.302 e. The maximum absolute atomic E-state index is 13.0. The number of hydrogen-bond donors (Lipinski definition) is 1. The Labute approximate surface area is 111 Å². The standard InChI is InChI=1S/C15H16FNS/c16-13-6-4-12(5-7-13)15(8-2-9-15)17-11-14-3-1-10-18-14/h1,3-7,10,17H,2,8-9,11H2. The molecule has 0 spiro atoms. The Morgan fingerprint density at radius 1 is 1.17 bits per heavy atom. The van der Waals surface area contributed by atoms with Gasteiger partial charge in [0.2, 0.25) is 0 Å². The Hall–Kier alpha value is -1.19. The highest BCUT2D eigenvalue weighted by Crippen LogP contribution is 2.41. The second kappa shape index (κ2) is 4.82. The monoisotopic (exact) mass is 261 g/mol. The predicted molar refractivity (Wildman–Crippen MR) is 73.1 cm³/mol. The molecule has 2 aromatic rings. The molecule has 1 nitrogen and oxygen atoms in total. The molecule has 0 aliphatic heterocycles. The average Bonchev–Trinajstić information content (AvgIpc) is 2.83. The molecule has 0 saturated heterocycles. The third kappa shape index (κ3) is 2.20. The lowest BCUT2D eigenvalue weighted by atomic mass is 9.72. The Morgan fingerprint density at radius 2 is 1.94 bits per heavy atom. The molecule has 1 N–H and O–H groups in total. The van der Waals surface area contributed by atoms with Gasteiger partial charge in [-0.3, -0.25) is 0 Å². The molecule has 1 heterocycles. The summed E-state index contributed by atoms with van der Waals surface area (Å²) in [5.74, 6) is -0.161. The normalized spacial score (nSPS) is 17.4. The largest absolute Gasteiger partial charge is 0.302 e. The highest BCUT2D eigenvalue weighted by atomic mass is 32.1. The number of thiophene rings is 1. The molecule has 0 bridgehead atoms. The molecule has 3 rings (SSSR count). The van der Waals surface area contributed by atoms with Crippen molar-refractivity contribution in [3.8, 4) is 0 Å². The van der Waals surface area contributed by atoms with E-state index < -0.39 is 0 Å². The van der Waals surface area contributed by atoms with Gasteiger partial charge >= 0.3 is 0 Å². The first kappa shape index (κ1) is 11.9. The summed E-state index contributed by atoms with van der Waals surface area (Å²) in [7, 11) is 0. The molecule has 0 amide bonds. The van der Waals surface area contributed by atoms with E-state index in [0.29, 0.717) is 0 Å². The minimum absolute atomic E-state index is 0.0672. The summed E-state index contributed by atoms with van der Waals surface area (Å²) in [6, 6.07) is 11.2. The summed E-state index contributed by atoms with van der Waals surface area (Å²) in [5.41, 5.74) is 1.28. The first-order valence-electron chi connectivity index (χ1n) is 6.32. The van der Waals surface area contributed by atoms with Crippen LogP contribution < -0.4 is 5.32 Å². The van der Waals surface area contributed by atoms with Crippen molar-refractivity contribution in [2.24, 2.45) is 0 Å². The highest BCUT2D eigenvalue weighted by Gasteiger charge is 2.37. The molecule has 0 unspecified atom stereocenters. The quantitative estimate of drug-likeness (QED) is 0.875. The molecular weight excluding hydrogens is 245 g/mol. The predicted octanol–water partition coefficient (Wildman–Crippen LogP) is 4.06. The van der Waals surface area contributed by atoms with Crippen molar-refractivity contribution >= 4 is 11.3 Å². The van der Waals surface area contributed by atoms with Crippen LogP contribution in [0.25, 0.3) is 0 Å². The topological polar surface area (TPSA) is 12.0 Å². The van der Waals surface area contributed by atoms with Crippen LogP contribution in [-0.4, -0.2) is 0 Å². The summed E-state index contributed by atoms with van der Waals surface area (Å²) in [6.07, 6.45) is 3.53. The zero-order valence-electron chi connectivity index (χ0n) is 10.2. The fraction of sp³-hybridized carbons (Fsp3) is 0.333. The van der Waals surface area contributed by atoms with Crippen molar-refractivity contribution in [2.75, 3.05) is 0 Å². The molecule has 3 heteroatoms. The molecular formula is C15H16FNS. The van der Waals surface area contributed by atoms with Gasteiger partial charge in [0, 0.05) is 17.0 Å². The Morgan fingerprint density at radius 3 is 2.50 bits per heavy atom. The smallest absolute Gasteiger partial charge is 0.123 e. The van der Waals surface area contributed by atoms with Gasteiger partial charge in [-0.2, -0.15) is 0 Å². The van der Waals surface area contributed by atoms with E-state index in [2.05, 4.69) is 22.8 Å². The molecule has 1 fully saturated rings. The summed E-state index contributed by atoms with van der Waals surface area (Å²) < 4.78 is 13.0. The molecule has 1 aromatic carbocycles. The van der Waals surface area contributed by atoms with Crippen LogP contribution in [0.2, 0.25) is 0 Å². The lowest BCUT2D eigenvalue weighted by Crippen LogP contribution is -2.47. The SMILES string of the molecule is Fc1ccc(C2(NCc3cccs3)CCC2)cc1. The zero-order chi connectivity index (χ0) is 12.4. The summed E-state index contributed by atoms with van der Waals surface area (Å²) in [6.45, 7) is 0.898. The van der Waals surface area contributed by atoms with Crippen LogP contribution in [0.3, 0.4) is 0 Å². The Bertz CT molecular complexity index is 500. The van der Waals surface area contributed by atoms with E-state index in [0.717, 1.165) is 19.4 Å². The zero-order valence-corrected chi connectivity index (χ0v) is 11.0. The average molecular weight is 261 g/mol. The van der Waals surface area contributed by atoms with Gasteiger partial charge in [-0.15, -0.1) is 11.3 Å². The van der Waals surface area contributed by atoms with E-state index >= 15 is 0 Å². The molecule has 1 aliphatic carbocycles. The number of nitrogens with one attached hydrogen (secondary N) is 1. The van der Waals surface area contributed by atoms with E-state index in [-0.39, 0.29) is 11.4 Å². The lowest BCUT2D eigenvalue weighted by molar-refractivity contribution is 0.184. The van der Waals surface area contributed by atoms with E-state index in [4.69, 9.17) is 0 Å².